The fraction of sp³-hybridized carbons (Fsp3) is 0.391. The van der Waals surface area contributed by atoms with Crippen LogP contribution in [0, 0.1) is 0 Å². The number of thiophene rings is 1. The molecule has 32 heavy (non-hydrogen) atoms. The van der Waals surface area contributed by atoms with Gasteiger partial charge in [-0.05, 0) is 48.4 Å². The van der Waals surface area contributed by atoms with Crippen LogP contribution in [0.25, 0.3) is 16.7 Å². The van der Waals surface area contributed by atoms with E-state index in [4.69, 9.17) is 0 Å². The van der Waals surface area contributed by atoms with Crippen LogP contribution in [0.15, 0.2) is 45.7 Å². The standard InChI is InChI=1S/C23H25N5O2S2/c1-3-11-27-21(30)16-7-5-6-8-18(16)28-22(27)24-25-23(28)32-14-20(29)26-12-9-19-15(10-13-31-19)17(26)4-2/h5-8,10,13,17H,3-4,9,11-12,14H2,1-2H3. The highest BCUT2D eigenvalue weighted by Gasteiger charge is 2.30. The first kappa shape index (κ1) is 21.2. The number of amides is 1. The van der Waals surface area contributed by atoms with Crippen LogP contribution in [0.2, 0.25) is 0 Å². The summed E-state index contributed by atoms with van der Waals surface area (Å²) in [4.78, 5) is 29.6. The van der Waals surface area contributed by atoms with E-state index in [1.54, 1.807) is 15.9 Å². The number of hydrogen-bond donors (Lipinski definition) is 0. The van der Waals surface area contributed by atoms with Gasteiger partial charge in [-0.2, -0.15) is 0 Å². The molecule has 0 fully saturated rings. The van der Waals surface area contributed by atoms with Gasteiger partial charge < -0.3 is 4.90 Å². The van der Waals surface area contributed by atoms with Crippen LogP contribution >= 0.6 is 23.1 Å². The van der Waals surface area contributed by atoms with E-state index in [-0.39, 0.29) is 23.3 Å². The van der Waals surface area contributed by atoms with Gasteiger partial charge in [0.2, 0.25) is 11.7 Å². The number of carbonyl (C=O) groups is 1. The molecule has 0 aliphatic carbocycles. The molecule has 1 aliphatic rings. The van der Waals surface area contributed by atoms with Gasteiger partial charge >= 0.3 is 0 Å². The lowest BCUT2D eigenvalue weighted by Crippen LogP contribution is -2.40. The van der Waals surface area contributed by atoms with Crippen molar-refractivity contribution in [2.24, 2.45) is 0 Å². The molecule has 1 aliphatic heterocycles. The third-order valence-electron chi connectivity index (χ3n) is 6.05. The van der Waals surface area contributed by atoms with Gasteiger partial charge in [-0.3, -0.25) is 18.6 Å². The van der Waals surface area contributed by atoms with Crippen molar-refractivity contribution in [1.29, 1.82) is 0 Å². The van der Waals surface area contributed by atoms with E-state index in [1.807, 2.05) is 40.5 Å². The van der Waals surface area contributed by atoms with Crippen LogP contribution in [0.1, 0.15) is 43.2 Å². The van der Waals surface area contributed by atoms with Crippen molar-refractivity contribution in [3.05, 3.63) is 56.5 Å². The van der Waals surface area contributed by atoms with Crippen LogP contribution < -0.4 is 5.56 Å². The Balaban J connectivity index is 1.46. The van der Waals surface area contributed by atoms with Gasteiger partial charge in [-0.25, -0.2) is 0 Å². The van der Waals surface area contributed by atoms with Gasteiger partial charge in [0.1, 0.15) is 0 Å². The van der Waals surface area contributed by atoms with Gasteiger partial charge in [0.05, 0.1) is 22.7 Å². The molecular weight excluding hydrogens is 442 g/mol. The molecule has 166 valence electrons. The van der Waals surface area contributed by atoms with Crippen molar-refractivity contribution in [3.63, 3.8) is 0 Å². The molecule has 1 aromatic carbocycles. The largest absolute Gasteiger partial charge is 0.335 e. The first-order valence-corrected chi connectivity index (χ1v) is 12.9. The number of benzene rings is 1. The number of rotatable bonds is 6. The van der Waals surface area contributed by atoms with E-state index in [2.05, 4.69) is 28.6 Å². The highest BCUT2D eigenvalue weighted by molar-refractivity contribution is 7.99. The molecule has 0 saturated carbocycles. The summed E-state index contributed by atoms with van der Waals surface area (Å²) >= 11 is 3.17. The zero-order chi connectivity index (χ0) is 22.2. The second-order valence-corrected chi connectivity index (χ2v) is 9.88. The Bertz CT molecular complexity index is 1360. The van der Waals surface area contributed by atoms with Gasteiger partial charge in [-0.1, -0.05) is 37.7 Å². The molecule has 4 aromatic rings. The van der Waals surface area contributed by atoms with E-state index >= 15 is 0 Å². The predicted octanol–water partition coefficient (Wildman–Crippen LogP) is 4.14. The Kier molecular flexibility index (Phi) is 5.77. The molecule has 0 spiro atoms. The number of hydrogen-bond acceptors (Lipinski definition) is 6. The molecular formula is C23H25N5O2S2. The highest BCUT2D eigenvalue weighted by atomic mass is 32.2. The SMILES string of the molecule is CCCn1c(=O)c2ccccc2n2c(SCC(=O)N3CCc4sccc4C3CC)nnc12. The topological polar surface area (TPSA) is 72.5 Å². The molecule has 3 aromatic heterocycles. The molecule has 7 nitrogen and oxygen atoms in total. The number of carbonyl (C=O) groups excluding carboxylic acids is 1. The summed E-state index contributed by atoms with van der Waals surface area (Å²) in [6.07, 6.45) is 2.64. The predicted molar refractivity (Wildman–Crippen MR) is 129 cm³/mol. The maximum absolute atomic E-state index is 13.2. The fourth-order valence-electron chi connectivity index (χ4n) is 4.60. The maximum atomic E-state index is 13.2. The Hall–Kier alpha value is -2.65. The Labute approximate surface area is 194 Å². The first-order chi connectivity index (χ1) is 15.6. The summed E-state index contributed by atoms with van der Waals surface area (Å²) in [5, 5.41) is 12.1. The van der Waals surface area contributed by atoms with Crippen molar-refractivity contribution in [2.75, 3.05) is 12.3 Å². The molecule has 1 unspecified atom stereocenters. The van der Waals surface area contributed by atoms with Crippen LogP contribution in [-0.2, 0) is 17.8 Å². The number of aromatic nitrogens is 4. The Morgan fingerprint density at radius 1 is 1.22 bits per heavy atom. The normalized spacial score (nSPS) is 16.1. The molecule has 9 heteroatoms. The molecule has 0 saturated heterocycles. The van der Waals surface area contributed by atoms with Crippen LogP contribution in [0.5, 0.6) is 0 Å². The molecule has 4 heterocycles. The molecule has 0 radical (unpaired) electrons. The number of thioether (sulfide) groups is 1. The second kappa shape index (κ2) is 8.71. The van der Waals surface area contributed by atoms with Crippen molar-refractivity contribution in [3.8, 4) is 0 Å². The van der Waals surface area contributed by atoms with E-state index in [1.165, 1.54) is 22.2 Å². The van der Waals surface area contributed by atoms with Crippen molar-refractivity contribution in [1.82, 2.24) is 24.1 Å². The summed E-state index contributed by atoms with van der Waals surface area (Å²) < 4.78 is 3.59. The van der Waals surface area contributed by atoms with Crippen molar-refractivity contribution >= 4 is 45.7 Å². The van der Waals surface area contributed by atoms with E-state index in [9.17, 15) is 9.59 Å². The minimum atomic E-state index is -0.0550. The van der Waals surface area contributed by atoms with E-state index < -0.39 is 0 Å². The summed E-state index contributed by atoms with van der Waals surface area (Å²) in [7, 11) is 0. The third-order valence-corrected chi connectivity index (χ3v) is 7.96. The lowest BCUT2D eigenvalue weighted by atomic mass is 9.98. The minimum absolute atomic E-state index is 0.0550. The molecule has 5 rings (SSSR count). The number of fused-ring (bicyclic) bond motifs is 4. The number of para-hydroxylation sites is 1. The monoisotopic (exact) mass is 467 g/mol. The lowest BCUT2D eigenvalue weighted by Gasteiger charge is -2.35. The average Bonchev–Trinajstić information content (AvgIpc) is 3.46. The lowest BCUT2D eigenvalue weighted by molar-refractivity contribution is -0.131. The van der Waals surface area contributed by atoms with Crippen molar-refractivity contribution < 1.29 is 4.79 Å². The first-order valence-electron chi connectivity index (χ1n) is 11.0. The average molecular weight is 468 g/mol. The molecule has 1 atom stereocenters. The summed E-state index contributed by atoms with van der Waals surface area (Å²) in [5.41, 5.74) is 2.01. The summed E-state index contributed by atoms with van der Waals surface area (Å²) in [6.45, 7) is 5.50. The highest BCUT2D eigenvalue weighted by Crippen LogP contribution is 2.35. The van der Waals surface area contributed by atoms with Gasteiger partial charge in [0.25, 0.3) is 5.56 Å². The smallest absolute Gasteiger partial charge is 0.262 e. The minimum Gasteiger partial charge on any atom is -0.335 e. The van der Waals surface area contributed by atoms with Crippen LogP contribution in [0.4, 0.5) is 0 Å². The summed E-state index contributed by atoms with van der Waals surface area (Å²) in [5.74, 6) is 0.928. The van der Waals surface area contributed by atoms with Crippen LogP contribution in [-0.4, -0.2) is 42.3 Å². The zero-order valence-electron chi connectivity index (χ0n) is 18.2. The Morgan fingerprint density at radius 2 is 2.06 bits per heavy atom. The summed E-state index contributed by atoms with van der Waals surface area (Å²) in [6, 6.07) is 9.82. The number of nitrogens with zero attached hydrogens (tertiary/aromatic N) is 5. The van der Waals surface area contributed by atoms with Crippen molar-refractivity contribution in [2.45, 2.75) is 50.9 Å². The van der Waals surface area contributed by atoms with Crippen LogP contribution in [0.3, 0.4) is 0 Å². The van der Waals surface area contributed by atoms with Gasteiger partial charge in [0, 0.05) is 18.0 Å². The molecule has 0 bridgehead atoms. The maximum Gasteiger partial charge on any atom is 0.262 e. The third kappa shape index (κ3) is 3.44. The number of aryl methyl sites for hydroxylation is 1. The molecule has 0 N–H and O–H groups in total. The molecule has 1 amide bonds. The quantitative estimate of drug-likeness (QED) is 0.399. The van der Waals surface area contributed by atoms with E-state index in [0.717, 1.165) is 31.3 Å². The Morgan fingerprint density at radius 3 is 2.88 bits per heavy atom. The van der Waals surface area contributed by atoms with Gasteiger partial charge in [0.15, 0.2) is 5.16 Å². The van der Waals surface area contributed by atoms with E-state index in [0.29, 0.717) is 22.9 Å². The fourth-order valence-corrected chi connectivity index (χ4v) is 6.35. The second-order valence-electron chi connectivity index (χ2n) is 7.94. The van der Waals surface area contributed by atoms with Gasteiger partial charge in [-0.15, -0.1) is 21.5 Å². The zero-order valence-corrected chi connectivity index (χ0v) is 19.8.